The van der Waals surface area contributed by atoms with Gasteiger partial charge in [0.05, 0.1) is 13.2 Å². The Balaban J connectivity index is 2.10. The molecule has 0 amide bonds. The highest BCUT2D eigenvalue weighted by Crippen LogP contribution is 2.44. The van der Waals surface area contributed by atoms with E-state index in [0.717, 1.165) is 19.6 Å². The third-order valence-corrected chi connectivity index (χ3v) is 3.70. The first kappa shape index (κ1) is 10.2. The molecular formula is C12H20O2. The van der Waals surface area contributed by atoms with Gasteiger partial charge in [0.1, 0.15) is 0 Å². The Morgan fingerprint density at radius 3 is 2.50 bits per heavy atom. The molecule has 0 aromatic heterocycles. The summed E-state index contributed by atoms with van der Waals surface area (Å²) < 4.78 is 11.6. The van der Waals surface area contributed by atoms with Crippen molar-refractivity contribution < 1.29 is 9.47 Å². The molecule has 2 aliphatic rings. The van der Waals surface area contributed by atoms with Crippen LogP contribution in [0, 0.1) is 11.8 Å². The zero-order valence-corrected chi connectivity index (χ0v) is 9.21. The Labute approximate surface area is 86.3 Å². The summed E-state index contributed by atoms with van der Waals surface area (Å²) in [6.45, 7) is 9.91. The van der Waals surface area contributed by atoms with Gasteiger partial charge in [-0.25, -0.2) is 0 Å². The number of rotatable bonds is 1. The molecule has 1 spiro atoms. The van der Waals surface area contributed by atoms with Gasteiger partial charge in [-0.3, -0.25) is 0 Å². The molecule has 1 aliphatic carbocycles. The van der Waals surface area contributed by atoms with E-state index in [-0.39, 0.29) is 5.79 Å². The van der Waals surface area contributed by atoms with Crippen LogP contribution < -0.4 is 0 Å². The van der Waals surface area contributed by atoms with Gasteiger partial charge in [-0.2, -0.15) is 0 Å². The maximum Gasteiger partial charge on any atom is 0.171 e. The molecule has 80 valence electrons. The topological polar surface area (TPSA) is 18.5 Å². The molecule has 2 atom stereocenters. The minimum atomic E-state index is -0.276. The quantitative estimate of drug-likeness (QED) is 0.600. The fourth-order valence-electron chi connectivity index (χ4n) is 2.61. The molecule has 14 heavy (non-hydrogen) atoms. The van der Waals surface area contributed by atoms with Crippen molar-refractivity contribution in [2.24, 2.45) is 11.8 Å². The Morgan fingerprint density at radius 1 is 1.29 bits per heavy atom. The lowest BCUT2D eigenvalue weighted by atomic mass is 9.75. The van der Waals surface area contributed by atoms with Gasteiger partial charge in [-0.05, 0) is 25.7 Å². The summed E-state index contributed by atoms with van der Waals surface area (Å²) in [5, 5.41) is 0. The third kappa shape index (κ3) is 1.61. The van der Waals surface area contributed by atoms with Crippen LogP contribution in [0.1, 0.15) is 33.1 Å². The predicted octanol–water partition coefficient (Wildman–Crippen LogP) is 2.74. The molecule has 2 heteroatoms. The molecule has 1 aliphatic heterocycles. The third-order valence-electron chi connectivity index (χ3n) is 3.70. The van der Waals surface area contributed by atoms with Gasteiger partial charge in [-0.15, -0.1) is 0 Å². The summed E-state index contributed by atoms with van der Waals surface area (Å²) in [7, 11) is 0. The highest BCUT2D eigenvalue weighted by atomic mass is 16.7. The number of allylic oxidation sites excluding steroid dienone is 1. The van der Waals surface area contributed by atoms with Crippen LogP contribution in [-0.2, 0) is 9.47 Å². The highest BCUT2D eigenvalue weighted by molar-refractivity contribution is 5.02. The summed E-state index contributed by atoms with van der Waals surface area (Å²) in [5.74, 6) is 0.840. The van der Waals surface area contributed by atoms with Crippen molar-refractivity contribution in [3.8, 4) is 0 Å². The average molecular weight is 196 g/mol. The van der Waals surface area contributed by atoms with Crippen LogP contribution >= 0.6 is 0 Å². The Bertz CT molecular complexity index is 228. The zero-order valence-electron chi connectivity index (χ0n) is 9.21. The van der Waals surface area contributed by atoms with E-state index in [2.05, 4.69) is 20.4 Å². The summed E-state index contributed by atoms with van der Waals surface area (Å²) in [5.41, 5.74) is 1.27. The molecule has 0 N–H and O–H groups in total. The molecule has 0 aromatic rings. The van der Waals surface area contributed by atoms with Crippen LogP contribution in [0.25, 0.3) is 0 Å². The van der Waals surface area contributed by atoms with E-state index in [1.807, 2.05) is 0 Å². The van der Waals surface area contributed by atoms with Crippen molar-refractivity contribution >= 4 is 0 Å². The van der Waals surface area contributed by atoms with E-state index in [9.17, 15) is 0 Å². The SMILES string of the molecule is C=C(C)[C@@H]1CC[C@@H](C)C2(C1)OCCO2. The normalized spacial score (nSPS) is 36.1. The molecule has 2 nitrogen and oxygen atoms in total. The fraction of sp³-hybridized carbons (Fsp3) is 0.833. The minimum absolute atomic E-state index is 0.276. The van der Waals surface area contributed by atoms with Gasteiger partial charge in [0, 0.05) is 12.3 Å². The number of ether oxygens (including phenoxy) is 2. The van der Waals surface area contributed by atoms with Crippen LogP contribution in [0.4, 0.5) is 0 Å². The van der Waals surface area contributed by atoms with Gasteiger partial charge >= 0.3 is 0 Å². The second-order valence-corrected chi connectivity index (χ2v) is 4.73. The Hall–Kier alpha value is -0.340. The monoisotopic (exact) mass is 196 g/mol. The van der Waals surface area contributed by atoms with Crippen molar-refractivity contribution in [2.45, 2.75) is 38.9 Å². The molecule has 0 unspecified atom stereocenters. The Kier molecular flexibility index (Phi) is 2.67. The first-order chi connectivity index (χ1) is 6.64. The lowest BCUT2D eigenvalue weighted by Crippen LogP contribution is -2.43. The second kappa shape index (κ2) is 3.67. The van der Waals surface area contributed by atoms with E-state index < -0.39 is 0 Å². The largest absolute Gasteiger partial charge is 0.347 e. The predicted molar refractivity (Wildman–Crippen MR) is 56.0 cm³/mol. The number of hydrogen-bond acceptors (Lipinski definition) is 2. The van der Waals surface area contributed by atoms with E-state index in [4.69, 9.17) is 9.47 Å². The molecular weight excluding hydrogens is 176 g/mol. The fourth-order valence-corrected chi connectivity index (χ4v) is 2.61. The Morgan fingerprint density at radius 2 is 1.93 bits per heavy atom. The first-order valence-corrected chi connectivity index (χ1v) is 5.57. The van der Waals surface area contributed by atoms with Crippen LogP contribution in [0.5, 0.6) is 0 Å². The average Bonchev–Trinajstić information content (AvgIpc) is 2.59. The van der Waals surface area contributed by atoms with Crippen LogP contribution in [0.3, 0.4) is 0 Å². The van der Waals surface area contributed by atoms with Crippen molar-refractivity contribution in [1.29, 1.82) is 0 Å². The van der Waals surface area contributed by atoms with Crippen LogP contribution in [0.15, 0.2) is 12.2 Å². The molecule has 2 rings (SSSR count). The second-order valence-electron chi connectivity index (χ2n) is 4.73. The maximum atomic E-state index is 5.81. The highest BCUT2D eigenvalue weighted by Gasteiger charge is 2.46. The lowest BCUT2D eigenvalue weighted by molar-refractivity contribution is -0.215. The van der Waals surface area contributed by atoms with E-state index in [1.54, 1.807) is 0 Å². The van der Waals surface area contributed by atoms with E-state index in [0.29, 0.717) is 11.8 Å². The summed E-state index contributed by atoms with van der Waals surface area (Å²) in [6.07, 6.45) is 3.44. The van der Waals surface area contributed by atoms with E-state index in [1.165, 1.54) is 18.4 Å². The summed E-state index contributed by atoms with van der Waals surface area (Å²) in [6, 6.07) is 0. The minimum Gasteiger partial charge on any atom is -0.347 e. The van der Waals surface area contributed by atoms with Gasteiger partial charge in [0.2, 0.25) is 0 Å². The van der Waals surface area contributed by atoms with Crippen molar-refractivity contribution in [3.63, 3.8) is 0 Å². The van der Waals surface area contributed by atoms with Gasteiger partial charge in [0.25, 0.3) is 0 Å². The molecule has 1 saturated heterocycles. The van der Waals surface area contributed by atoms with Gasteiger partial charge < -0.3 is 9.47 Å². The zero-order chi connectivity index (χ0) is 10.2. The molecule has 1 heterocycles. The van der Waals surface area contributed by atoms with Gasteiger partial charge in [-0.1, -0.05) is 19.1 Å². The van der Waals surface area contributed by atoms with Crippen molar-refractivity contribution in [3.05, 3.63) is 12.2 Å². The molecule has 1 saturated carbocycles. The van der Waals surface area contributed by atoms with Crippen molar-refractivity contribution in [2.75, 3.05) is 13.2 Å². The lowest BCUT2D eigenvalue weighted by Gasteiger charge is -2.41. The molecule has 0 bridgehead atoms. The molecule has 0 aromatic carbocycles. The van der Waals surface area contributed by atoms with Crippen LogP contribution in [-0.4, -0.2) is 19.0 Å². The standard InChI is InChI=1S/C12H20O2/c1-9(2)11-5-4-10(3)12(8-11)13-6-7-14-12/h10-11H,1,4-8H2,2-3H3/t10-,11-/m1/s1. The maximum absolute atomic E-state index is 5.81. The van der Waals surface area contributed by atoms with Crippen molar-refractivity contribution in [1.82, 2.24) is 0 Å². The van der Waals surface area contributed by atoms with Gasteiger partial charge in [0.15, 0.2) is 5.79 Å². The molecule has 0 radical (unpaired) electrons. The van der Waals surface area contributed by atoms with E-state index >= 15 is 0 Å². The first-order valence-electron chi connectivity index (χ1n) is 5.57. The number of hydrogen-bond donors (Lipinski definition) is 0. The van der Waals surface area contributed by atoms with Crippen LogP contribution in [0.2, 0.25) is 0 Å². The summed E-state index contributed by atoms with van der Waals surface area (Å²) >= 11 is 0. The smallest absolute Gasteiger partial charge is 0.171 e. The molecule has 2 fully saturated rings. The summed E-state index contributed by atoms with van der Waals surface area (Å²) in [4.78, 5) is 0.